The number of benzene rings is 1. The van der Waals surface area contributed by atoms with Crippen LogP contribution in [0.15, 0.2) is 18.2 Å². The Hall–Kier alpha value is -1.88. The summed E-state index contributed by atoms with van der Waals surface area (Å²) in [6, 6.07) is 5.01. The summed E-state index contributed by atoms with van der Waals surface area (Å²) >= 11 is 0. The van der Waals surface area contributed by atoms with Crippen LogP contribution in [-0.2, 0) is 4.79 Å². The van der Waals surface area contributed by atoms with Gasteiger partial charge in [0.05, 0.1) is 0 Å². The minimum atomic E-state index is -0.470. The Morgan fingerprint density at radius 2 is 2.05 bits per heavy atom. The van der Waals surface area contributed by atoms with E-state index in [4.69, 9.17) is 11.5 Å². The van der Waals surface area contributed by atoms with Crippen LogP contribution in [0.3, 0.4) is 0 Å². The van der Waals surface area contributed by atoms with E-state index in [9.17, 15) is 9.59 Å². The van der Waals surface area contributed by atoms with Crippen molar-refractivity contribution in [3.8, 4) is 0 Å². The number of rotatable bonds is 5. The van der Waals surface area contributed by atoms with Crippen molar-refractivity contribution >= 4 is 17.5 Å². The third-order valence-corrected chi connectivity index (χ3v) is 4.17. The topological polar surface area (TPSA) is 98.2 Å². The van der Waals surface area contributed by atoms with Gasteiger partial charge in [0.2, 0.25) is 11.8 Å². The van der Waals surface area contributed by atoms with Gasteiger partial charge in [-0.3, -0.25) is 9.59 Å². The summed E-state index contributed by atoms with van der Waals surface area (Å²) < 4.78 is 0. The molecule has 0 aromatic heterocycles. The van der Waals surface area contributed by atoms with E-state index >= 15 is 0 Å². The molecule has 108 valence electrons. The maximum atomic E-state index is 12.1. The number of nitrogens with one attached hydrogen (secondary N) is 1. The molecule has 1 saturated carbocycles. The molecule has 1 fully saturated rings. The average Bonchev–Trinajstić information content (AvgIpc) is 2.36. The SMILES string of the molecule is Cc1cc(C(N)=O)ccc1NC(=O)CC1(CN)CCC1. The van der Waals surface area contributed by atoms with Gasteiger partial charge in [0.1, 0.15) is 0 Å². The lowest BCUT2D eigenvalue weighted by Gasteiger charge is -2.40. The summed E-state index contributed by atoms with van der Waals surface area (Å²) in [6.45, 7) is 2.39. The first-order valence-corrected chi connectivity index (χ1v) is 6.86. The monoisotopic (exact) mass is 275 g/mol. The van der Waals surface area contributed by atoms with Crippen LogP contribution in [0, 0.1) is 12.3 Å². The molecule has 2 rings (SSSR count). The molecule has 0 radical (unpaired) electrons. The quantitative estimate of drug-likeness (QED) is 0.760. The van der Waals surface area contributed by atoms with E-state index in [1.165, 1.54) is 0 Å². The second-order valence-electron chi connectivity index (χ2n) is 5.68. The van der Waals surface area contributed by atoms with Crippen molar-refractivity contribution in [1.29, 1.82) is 0 Å². The molecule has 1 aromatic rings. The Morgan fingerprint density at radius 1 is 1.35 bits per heavy atom. The number of hydrogen-bond donors (Lipinski definition) is 3. The van der Waals surface area contributed by atoms with Crippen molar-refractivity contribution in [2.75, 3.05) is 11.9 Å². The molecule has 5 heteroatoms. The average molecular weight is 275 g/mol. The van der Waals surface area contributed by atoms with Crippen LogP contribution in [0.1, 0.15) is 41.6 Å². The lowest BCUT2D eigenvalue weighted by atomic mass is 9.66. The summed E-state index contributed by atoms with van der Waals surface area (Å²) in [5.74, 6) is -0.493. The highest BCUT2D eigenvalue weighted by Crippen LogP contribution is 2.43. The Labute approximate surface area is 118 Å². The van der Waals surface area contributed by atoms with E-state index < -0.39 is 5.91 Å². The van der Waals surface area contributed by atoms with Gasteiger partial charge in [-0.05, 0) is 55.5 Å². The number of carbonyl (C=O) groups is 2. The number of amides is 2. The molecule has 5 nitrogen and oxygen atoms in total. The second-order valence-corrected chi connectivity index (χ2v) is 5.68. The molecule has 0 aliphatic heterocycles. The van der Waals surface area contributed by atoms with Gasteiger partial charge < -0.3 is 16.8 Å². The van der Waals surface area contributed by atoms with Crippen LogP contribution in [0.25, 0.3) is 0 Å². The van der Waals surface area contributed by atoms with Crippen LogP contribution in [0.4, 0.5) is 5.69 Å². The van der Waals surface area contributed by atoms with Gasteiger partial charge in [0.15, 0.2) is 0 Å². The van der Waals surface area contributed by atoms with Crippen molar-refractivity contribution < 1.29 is 9.59 Å². The molecular formula is C15H21N3O2. The summed E-state index contributed by atoms with van der Waals surface area (Å²) in [5, 5.41) is 2.89. The van der Waals surface area contributed by atoms with Crippen molar-refractivity contribution in [3.05, 3.63) is 29.3 Å². The zero-order chi connectivity index (χ0) is 14.8. The maximum absolute atomic E-state index is 12.1. The summed E-state index contributed by atoms with van der Waals surface area (Å²) in [4.78, 5) is 23.2. The molecule has 20 heavy (non-hydrogen) atoms. The van der Waals surface area contributed by atoms with Crippen LogP contribution in [0.2, 0.25) is 0 Å². The molecular weight excluding hydrogens is 254 g/mol. The van der Waals surface area contributed by atoms with Gasteiger partial charge in [0.25, 0.3) is 0 Å². The highest BCUT2D eigenvalue weighted by molar-refractivity contribution is 5.95. The molecule has 1 aliphatic carbocycles. The number of hydrogen-bond acceptors (Lipinski definition) is 3. The zero-order valence-corrected chi connectivity index (χ0v) is 11.7. The standard InChI is InChI=1S/C15H21N3O2/c1-10-7-11(14(17)20)3-4-12(10)18-13(19)8-15(9-16)5-2-6-15/h3-4,7H,2,5-6,8-9,16H2,1H3,(H2,17,20)(H,18,19). The predicted molar refractivity (Wildman–Crippen MR) is 78.3 cm³/mol. The Bertz CT molecular complexity index is 530. The van der Waals surface area contributed by atoms with Gasteiger partial charge >= 0.3 is 0 Å². The van der Waals surface area contributed by atoms with Crippen molar-refractivity contribution in [3.63, 3.8) is 0 Å². The molecule has 1 aromatic carbocycles. The van der Waals surface area contributed by atoms with Crippen molar-refractivity contribution in [1.82, 2.24) is 0 Å². The lowest BCUT2D eigenvalue weighted by molar-refractivity contribution is -0.119. The molecule has 0 spiro atoms. The minimum Gasteiger partial charge on any atom is -0.366 e. The summed E-state index contributed by atoms with van der Waals surface area (Å²) in [7, 11) is 0. The first-order valence-electron chi connectivity index (χ1n) is 6.86. The van der Waals surface area contributed by atoms with E-state index in [1.54, 1.807) is 18.2 Å². The first kappa shape index (κ1) is 14.5. The van der Waals surface area contributed by atoms with Crippen molar-refractivity contribution in [2.24, 2.45) is 16.9 Å². The number of aryl methyl sites for hydroxylation is 1. The molecule has 0 unspecified atom stereocenters. The maximum Gasteiger partial charge on any atom is 0.248 e. The predicted octanol–water partition coefficient (Wildman–Crippen LogP) is 1.55. The van der Waals surface area contributed by atoms with E-state index in [1.807, 2.05) is 6.92 Å². The Kier molecular flexibility index (Phi) is 4.09. The van der Waals surface area contributed by atoms with Gasteiger partial charge in [-0.15, -0.1) is 0 Å². The highest BCUT2D eigenvalue weighted by atomic mass is 16.2. The molecule has 1 aliphatic rings. The fourth-order valence-electron chi connectivity index (χ4n) is 2.62. The summed E-state index contributed by atoms with van der Waals surface area (Å²) in [5.41, 5.74) is 13.0. The van der Waals surface area contributed by atoms with Crippen LogP contribution < -0.4 is 16.8 Å². The van der Waals surface area contributed by atoms with Crippen LogP contribution in [0.5, 0.6) is 0 Å². The smallest absolute Gasteiger partial charge is 0.248 e. The number of anilines is 1. The first-order chi connectivity index (χ1) is 9.46. The fraction of sp³-hybridized carbons (Fsp3) is 0.467. The largest absolute Gasteiger partial charge is 0.366 e. The number of carbonyl (C=O) groups excluding carboxylic acids is 2. The molecule has 0 bridgehead atoms. The van der Waals surface area contributed by atoms with Gasteiger partial charge in [-0.25, -0.2) is 0 Å². The molecule has 2 amide bonds. The minimum absolute atomic E-state index is 0.00878. The van der Waals surface area contributed by atoms with E-state index in [0.717, 1.165) is 24.8 Å². The Balaban J connectivity index is 2.02. The van der Waals surface area contributed by atoms with Crippen LogP contribution >= 0.6 is 0 Å². The second kappa shape index (κ2) is 5.63. The van der Waals surface area contributed by atoms with E-state index in [0.29, 0.717) is 24.2 Å². The molecule has 5 N–H and O–H groups in total. The van der Waals surface area contributed by atoms with Crippen LogP contribution in [-0.4, -0.2) is 18.4 Å². The summed E-state index contributed by atoms with van der Waals surface area (Å²) in [6.07, 6.45) is 3.66. The van der Waals surface area contributed by atoms with Gasteiger partial charge in [0, 0.05) is 17.7 Å². The fourth-order valence-corrected chi connectivity index (χ4v) is 2.62. The normalized spacial score (nSPS) is 16.3. The molecule has 0 saturated heterocycles. The van der Waals surface area contributed by atoms with E-state index in [2.05, 4.69) is 5.32 Å². The number of nitrogens with two attached hydrogens (primary N) is 2. The van der Waals surface area contributed by atoms with Gasteiger partial charge in [-0.1, -0.05) is 6.42 Å². The van der Waals surface area contributed by atoms with Crippen molar-refractivity contribution in [2.45, 2.75) is 32.6 Å². The highest BCUT2D eigenvalue weighted by Gasteiger charge is 2.37. The zero-order valence-electron chi connectivity index (χ0n) is 11.7. The Morgan fingerprint density at radius 3 is 2.50 bits per heavy atom. The third kappa shape index (κ3) is 2.99. The van der Waals surface area contributed by atoms with E-state index in [-0.39, 0.29) is 11.3 Å². The molecule has 0 heterocycles. The lowest BCUT2D eigenvalue weighted by Crippen LogP contribution is -2.40. The molecule has 0 atom stereocenters. The third-order valence-electron chi connectivity index (χ3n) is 4.17. The number of primary amides is 1. The van der Waals surface area contributed by atoms with Gasteiger partial charge in [-0.2, -0.15) is 0 Å².